The number of para-hydroxylation sites is 1. The van der Waals surface area contributed by atoms with Crippen molar-refractivity contribution >= 4 is 5.69 Å². The Balaban J connectivity index is 2.74. The molecule has 0 unspecified atom stereocenters. The van der Waals surface area contributed by atoms with Crippen molar-refractivity contribution in [2.75, 3.05) is 0 Å². The van der Waals surface area contributed by atoms with E-state index in [1.807, 2.05) is 0 Å². The van der Waals surface area contributed by atoms with Crippen LogP contribution in [0.2, 0.25) is 0 Å². The van der Waals surface area contributed by atoms with Crippen molar-refractivity contribution in [2.24, 2.45) is 5.73 Å². The van der Waals surface area contributed by atoms with Gasteiger partial charge in [-0.25, -0.2) is 0 Å². The number of hydrogen-bond acceptors (Lipinski definition) is 3. The molecule has 0 aliphatic heterocycles. The average Bonchev–Trinajstić information content (AvgIpc) is 2.29. The molecule has 2 N–H and O–H groups in total. The molecule has 0 fully saturated rings. The molecule has 88 valence electrons. The van der Waals surface area contributed by atoms with Gasteiger partial charge in [0.05, 0.1) is 4.92 Å². The van der Waals surface area contributed by atoms with Gasteiger partial charge in [0.1, 0.15) is 0 Å². The first kappa shape index (κ1) is 12.6. The van der Waals surface area contributed by atoms with Gasteiger partial charge in [-0.15, -0.1) is 0 Å². The summed E-state index contributed by atoms with van der Waals surface area (Å²) in [7, 11) is 0. The summed E-state index contributed by atoms with van der Waals surface area (Å²) in [6.07, 6.45) is 4.07. The largest absolute Gasteiger partial charge is 0.324 e. The minimum atomic E-state index is -0.366. The van der Waals surface area contributed by atoms with Gasteiger partial charge >= 0.3 is 0 Å². The number of nitro benzene ring substituents is 1. The molecule has 1 atom stereocenters. The molecule has 0 saturated carbocycles. The normalized spacial score (nSPS) is 12.4. The minimum absolute atomic E-state index is 0.131. The third kappa shape index (κ3) is 3.31. The summed E-state index contributed by atoms with van der Waals surface area (Å²) in [5.74, 6) is 0. The monoisotopic (exact) mass is 222 g/mol. The van der Waals surface area contributed by atoms with E-state index in [9.17, 15) is 10.1 Å². The SMILES string of the molecule is CCCCC[C@H](N)c1ccccc1[N+](=O)[O-]. The van der Waals surface area contributed by atoms with E-state index in [-0.39, 0.29) is 16.7 Å². The first-order chi connectivity index (χ1) is 7.66. The van der Waals surface area contributed by atoms with E-state index >= 15 is 0 Å². The lowest BCUT2D eigenvalue weighted by atomic mass is 10.00. The maximum atomic E-state index is 10.8. The molecule has 16 heavy (non-hydrogen) atoms. The molecule has 4 heteroatoms. The van der Waals surface area contributed by atoms with Crippen molar-refractivity contribution in [3.8, 4) is 0 Å². The number of unbranched alkanes of at least 4 members (excludes halogenated alkanes) is 2. The van der Waals surface area contributed by atoms with Crippen LogP contribution in [0, 0.1) is 10.1 Å². The Labute approximate surface area is 95.6 Å². The zero-order chi connectivity index (χ0) is 12.0. The van der Waals surface area contributed by atoms with Crippen LogP contribution in [-0.4, -0.2) is 4.92 Å². The van der Waals surface area contributed by atoms with E-state index in [2.05, 4.69) is 6.92 Å². The Hall–Kier alpha value is -1.42. The second-order valence-electron chi connectivity index (χ2n) is 3.92. The Bertz CT molecular complexity index is 353. The van der Waals surface area contributed by atoms with Crippen LogP contribution in [0.15, 0.2) is 24.3 Å². The second-order valence-corrected chi connectivity index (χ2v) is 3.92. The molecule has 1 rings (SSSR count). The van der Waals surface area contributed by atoms with E-state index in [4.69, 9.17) is 5.73 Å². The Morgan fingerprint density at radius 2 is 2.06 bits per heavy atom. The zero-order valence-electron chi connectivity index (χ0n) is 9.56. The summed E-state index contributed by atoms with van der Waals surface area (Å²) in [4.78, 5) is 10.4. The van der Waals surface area contributed by atoms with Crippen molar-refractivity contribution in [3.05, 3.63) is 39.9 Å². The summed E-state index contributed by atoms with van der Waals surface area (Å²) in [5.41, 5.74) is 6.74. The smallest absolute Gasteiger partial charge is 0.274 e. The number of benzene rings is 1. The van der Waals surface area contributed by atoms with Crippen LogP contribution in [0.3, 0.4) is 0 Å². The third-order valence-corrected chi connectivity index (χ3v) is 2.65. The Kier molecular flexibility index (Phi) is 4.92. The van der Waals surface area contributed by atoms with Crippen LogP contribution in [-0.2, 0) is 0 Å². The van der Waals surface area contributed by atoms with Gasteiger partial charge in [-0.3, -0.25) is 10.1 Å². The van der Waals surface area contributed by atoms with Gasteiger partial charge in [0.2, 0.25) is 0 Å². The summed E-state index contributed by atoms with van der Waals surface area (Å²) >= 11 is 0. The molecule has 0 aliphatic rings. The molecule has 0 aromatic heterocycles. The van der Waals surface area contributed by atoms with Crippen molar-refractivity contribution in [3.63, 3.8) is 0 Å². The predicted molar refractivity (Wildman–Crippen MR) is 64.2 cm³/mol. The zero-order valence-corrected chi connectivity index (χ0v) is 9.56. The summed E-state index contributed by atoms with van der Waals surface area (Å²) in [6, 6.07) is 6.49. The summed E-state index contributed by atoms with van der Waals surface area (Å²) in [5, 5.41) is 10.8. The highest BCUT2D eigenvalue weighted by atomic mass is 16.6. The highest BCUT2D eigenvalue weighted by molar-refractivity contribution is 5.41. The van der Waals surface area contributed by atoms with Crippen LogP contribution in [0.1, 0.15) is 44.2 Å². The molecule has 0 radical (unpaired) electrons. The topological polar surface area (TPSA) is 69.2 Å². The molecule has 0 spiro atoms. The number of nitrogens with zero attached hydrogens (tertiary/aromatic N) is 1. The van der Waals surface area contributed by atoms with Crippen LogP contribution >= 0.6 is 0 Å². The fraction of sp³-hybridized carbons (Fsp3) is 0.500. The quantitative estimate of drug-likeness (QED) is 0.456. The van der Waals surface area contributed by atoms with Crippen LogP contribution in [0.25, 0.3) is 0 Å². The third-order valence-electron chi connectivity index (χ3n) is 2.65. The fourth-order valence-electron chi connectivity index (χ4n) is 1.74. The lowest BCUT2D eigenvalue weighted by Gasteiger charge is -2.11. The molecule has 0 bridgehead atoms. The van der Waals surface area contributed by atoms with Crippen LogP contribution < -0.4 is 5.73 Å². The van der Waals surface area contributed by atoms with Gasteiger partial charge in [-0.2, -0.15) is 0 Å². The standard InChI is InChI=1S/C12H18N2O2/c1-2-3-4-8-11(13)10-7-5-6-9-12(10)14(15)16/h5-7,9,11H,2-4,8,13H2,1H3/t11-/m0/s1. The van der Waals surface area contributed by atoms with Gasteiger partial charge < -0.3 is 5.73 Å². The van der Waals surface area contributed by atoms with Crippen molar-refractivity contribution in [2.45, 2.75) is 38.6 Å². The molecule has 0 saturated heterocycles. The maximum Gasteiger partial charge on any atom is 0.274 e. The predicted octanol–water partition coefficient (Wildman–Crippen LogP) is 3.17. The lowest BCUT2D eigenvalue weighted by molar-refractivity contribution is -0.385. The van der Waals surface area contributed by atoms with Gasteiger partial charge in [0.25, 0.3) is 5.69 Å². The Morgan fingerprint density at radius 3 is 2.69 bits per heavy atom. The molecule has 0 amide bonds. The van der Waals surface area contributed by atoms with Crippen molar-refractivity contribution < 1.29 is 4.92 Å². The number of nitro groups is 1. The van der Waals surface area contributed by atoms with Gasteiger partial charge in [-0.05, 0) is 6.42 Å². The molecular weight excluding hydrogens is 204 g/mol. The van der Waals surface area contributed by atoms with E-state index in [1.54, 1.807) is 18.2 Å². The summed E-state index contributed by atoms with van der Waals surface area (Å²) < 4.78 is 0. The first-order valence-electron chi connectivity index (χ1n) is 5.65. The highest BCUT2D eigenvalue weighted by Gasteiger charge is 2.17. The van der Waals surface area contributed by atoms with E-state index in [0.717, 1.165) is 25.7 Å². The number of nitrogens with two attached hydrogens (primary N) is 1. The molecule has 4 nitrogen and oxygen atoms in total. The molecule has 1 aromatic carbocycles. The fourth-order valence-corrected chi connectivity index (χ4v) is 1.74. The first-order valence-corrected chi connectivity index (χ1v) is 5.65. The Morgan fingerprint density at radius 1 is 1.38 bits per heavy atom. The van der Waals surface area contributed by atoms with Gasteiger partial charge in [0.15, 0.2) is 0 Å². The molecular formula is C12H18N2O2. The molecule has 1 aromatic rings. The second kappa shape index (κ2) is 6.23. The maximum absolute atomic E-state index is 10.8. The van der Waals surface area contributed by atoms with Crippen molar-refractivity contribution in [1.82, 2.24) is 0 Å². The highest BCUT2D eigenvalue weighted by Crippen LogP contribution is 2.26. The molecule has 0 aliphatic carbocycles. The minimum Gasteiger partial charge on any atom is -0.324 e. The van der Waals surface area contributed by atoms with Crippen molar-refractivity contribution in [1.29, 1.82) is 0 Å². The van der Waals surface area contributed by atoms with Gasteiger partial charge in [0, 0.05) is 17.7 Å². The van der Waals surface area contributed by atoms with E-state index in [1.165, 1.54) is 6.07 Å². The lowest BCUT2D eigenvalue weighted by Crippen LogP contribution is -2.12. The van der Waals surface area contributed by atoms with Gasteiger partial charge in [-0.1, -0.05) is 44.4 Å². The van der Waals surface area contributed by atoms with Crippen LogP contribution in [0.4, 0.5) is 5.69 Å². The van der Waals surface area contributed by atoms with E-state index in [0.29, 0.717) is 5.56 Å². The molecule has 0 heterocycles. The summed E-state index contributed by atoms with van der Waals surface area (Å²) in [6.45, 7) is 2.12. The van der Waals surface area contributed by atoms with Crippen LogP contribution in [0.5, 0.6) is 0 Å². The average molecular weight is 222 g/mol. The number of rotatable bonds is 6. The van der Waals surface area contributed by atoms with E-state index < -0.39 is 0 Å². The number of hydrogen-bond donors (Lipinski definition) is 1.